The Balaban J connectivity index is 2.00. The summed E-state index contributed by atoms with van der Waals surface area (Å²) in [5.41, 5.74) is 0.528. The van der Waals surface area contributed by atoms with Gasteiger partial charge in [-0.3, -0.25) is 4.79 Å². The topological polar surface area (TPSA) is 68.0 Å². The molecule has 0 aliphatic carbocycles. The van der Waals surface area contributed by atoms with Crippen molar-refractivity contribution in [1.29, 1.82) is 0 Å². The fraction of sp³-hybridized carbons (Fsp3) is 0. The molecule has 0 saturated heterocycles. The monoisotopic (exact) mass is 313 g/mol. The highest BCUT2D eigenvalue weighted by molar-refractivity contribution is 7.20. The average molecular weight is 313 g/mol. The lowest BCUT2D eigenvalue weighted by Crippen LogP contribution is -2.18. The molecule has 0 saturated carbocycles. The maximum absolute atomic E-state index is 13.3. The lowest BCUT2D eigenvalue weighted by atomic mass is 10.2. The van der Waals surface area contributed by atoms with Gasteiger partial charge in [-0.05, 0) is 30.3 Å². The van der Waals surface area contributed by atoms with E-state index in [1.54, 1.807) is 18.2 Å². The minimum atomic E-state index is -0.350. The van der Waals surface area contributed by atoms with Gasteiger partial charge in [0.15, 0.2) is 5.13 Å². The van der Waals surface area contributed by atoms with Crippen LogP contribution in [-0.4, -0.2) is 19.6 Å². The Morgan fingerprint density at radius 2 is 2.09 bits per heavy atom. The van der Waals surface area contributed by atoms with E-state index >= 15 is 0 Å². The first-order valence-electron chi connectivity index (χ1n) is 6.39. The molecule has 0 aliphatic rings. The number of phenols is 1. The molecule has 4 rings (SSSR count). The van der Waals surface area contributed by atoms with Crippen molar-refractivity contribution in [3.63, 3.8) is 0 Å². The van der Waals surface area contributed by atoms with Crippen LogP contribution in [0.4, 0.5) is 4.39 Å². The highest BCUT2D eigenvalue weighted by atomic mass is 32.1. The molecule has 0 spiro atoms. The molecule has 0 unspecified atom stereocenters. The van der Waals surface area contributed by atoms with Crippen molar-refractivity contribution >= 4 is 32.5 Å². The Labute approximate surface area is 126 Å². The first kappa shape index (κ1) is 12.9. The number of aromatic hydroxyl groups is 1. The van der Waals surface area contributed by atoms with Crippen LogP contribution in [0.2, 0.25) is 0 Å². The van der Waals surface area contributed by atoms with Gasteiger partial charge in [0.2, 0.25) is 0 Å². The molecule has 0 aliphatic heterocycles. The van der Waals surface area contributed by atoms with Crippen LogP contribution in [0.3, 0.4) is 0 Å². The van der Waals surface area contributed by atoms with Crippen molar-refractivity contribution in [1.82, 2.24) is 14.5 Å². The Morgan fingerprint density at radius 1 is 1.23 bits per heavy atom. The molecule has 108 valence electrons. The maximum Gasteiger partial charge on any atom is 0.267 e. The molecule has 0 atom stereocenters. The van der Waals surface area contributed by atoms with Crippen molar-refractivity contribution in [3.05, 3.63) is 58.9 Å². The smallest absolute Gasteiger partial charge is 0.267 e. The summed E-state index contributed by atoms with van der Waals surface area (Å²) in [6.45, 7) is 0. The third-order valence-corrected chi connectivity index (χ3v) is 4.33. The van der Waals surface area contributed by atoms with E-state index in [9.17, 15) is 14.3 Å². The van der Waals surface area contributed by atoms with Gasteiger partial charge < -0.3 is 5.11 Å². The SMILES string of the molecule is O=c1c2cccc(O)c2ncn1-c1nc2ccc(F)cc2s1. The minimum absolute atomic E-state index is 0.0480. The molecule has 2 heterocycles. The zero-order chi connectivity index (χ0) is 15.3. The number of benzene rings is 2. The molecule has 4 aromatic rings. The average Bonchev–Trinajstić information content (AvgIpc) is 2.91. The summed E-state index contributed by atoms with van der Waals surface area (Å²) < 4.78 is 15.2. The molecule has 0 radical (unpaired) electrons. The van der Waals surface area contributed by atoms with Gasteiger partial charge in [0.25, 0.3) is 5.56 Å². The fourth-order valence-electron chi connectivity index (χ4n) is 2.26. The number of nitrogens with zero attached hydrogens (tertiary/aromatic N) is 3. The molecular formula is C15H8FN3O2S. The summed E-state index contributed by atoms with van der Waals surface area (Å²) in [6.07, 6.45) is 1.32. The number of rotatable bonds is 1. The van der Waals surface area contributed by atoms with Gasteiger partial charge in [-0.25, -0.2) is 18.9 Å². The second kappa shape index (κ2) is 4.60. The van der Waals surface area contributed by atoms with Crippen molar-refractivity contribution in [2.75, 3.05) is 0 Å². The molecule has 7 heteroatoms. The van der Waals surface area contributed by atoms with E-state index in [-0.39, 0.29) is 22.6 Å². The standard InChI is InChI=1S/C15H8FN3O2S/c16-8-4-5-10-12(6-8)22-15(18-10)19-7-17-13-9(14(19)21)2-1-3-11(13)20/h1-7,20H. The lowest BCUT2D eigenvalue weighted by molar-refractivity contribution is 0.480. The van der Waals surface area contributed by atoms with Crippen LogP contribution in [0.15, 0.2) is 47.5 Å². The molecule has 22 heavy (non-hydrogen) atoms. The van der Waals surface area contributed by atoms with E-state index in [4.69, 9.17) is 0 Å². The van der Waals surface area contributed by atoms with E-state index in [0.717, 1.165) is 0 Å². The molecule has 1 N–H and O–H groups in total. The van der Waals surface area contributed by atoms with Crippen LogP contribution >= 0.6 is 11.3 Å². The number of thiazole rings is 1. The normalized spacial score (nSPS) is 11.3. The zero-order valence-corrected chi connectivity index (χ0v) is 11.8. The number of phenolic OH excluding ortho intramolecular Hbond substituents is 1. The molecule has 2 aromatic carbocycles. The quantitative estimate of drug-likeness (QED) is 0.587. The van der Waals surface area contributed by atoms with Crippen molar-refractivity contribution in [2.24, 2.45) is 0 Å². The zero-order valence-electron chi connectivity index (χ0n) is 11.0. The number of hydrogen-bond acceptors (Lipinski definition) is 5. The summed E-state index contributed by atoms with van der Waals surface area (Å²) in [6, 6.07) is 8.91. The summed E-state index contributed by atoms with van der Waals surface area (Å²) >= 11 is 1.20. The van der Waals surface area contributed by atoms with E-state index in [0.29, 0.717) is 20.7 Å². The van der Waals surface area contributed by atoms with E-state index in [1.165, 1.54) is 40.4 Å². The van der Waals surface area contributed by atoms with Crippen LogP contribution in [-0.2, 0) is 0 Å². The van der Waals surface area contributed by atoms with E-state index in [1.807, 2.05) is 0 Å². The maximum atomic E-state index is 13.3. The molecule has 2 aromatic heterocycles. The minimum Gasteiger partial charge on any atom is -0.506 e. The van der Waals surface area contributed by atoms with Crippen LogP contribution < -0.4 is 5.56 Å². The Kier molecular flexibility index (Phi) is 2.70. The molecule has 0 amide bonds. The summed E-state index contributed by atoms with van der Waals surface area (Å²) in [5.74, 6) is -0.398. The Morgan fingerprint density at radius 3 is 2.95 bits per heavy atom. The van der Waals surface area contributed by atoms with E-state index in [2.05, 4.69) is 9.97 Å². The molecule has 0 fully saturated rings. The first-order chi connectivity index (χ1) is 10.6. The number of halogens is 1. The third kappa shape index (κ3) is 1.86. The van der Waals surface area contributed by atoms with Gasteiger partial charge in [0.05, 0.1) is 15.6 Å². The second-order valence-corrected chi connectivity index (χ2v) is 5.71. The Hall–Kier alpha value is -2.80. The van der Waals surface area contributed by atoms with Gasteiger partial charge in [0, 0.05) is 0 Å². The van der Waals surface area contributed by atoms with Gasteiger partial charge in [0.1, 0.15) is 23.4 Å². The highest BCUT2D eigenvalue weighted by Gasteiger charge is 2.12. The lowest BCUT2D eigenvalue weighted by Gasteiger charge is -2.03. The Bertz CT molecular complexity index is 1090. The van der Waals surface area contributed by atoms with Crippen LogP contribution in [0.25, 0.3) is 26.3 Å². The van der Waals surface area contributed by atoms with Gasteiger partial charge in [-0.2, -0.15) is 0 Å². The fourth-order valence-corrected chi connectivity index (χ4v) is 3.22. The molecule has 5 nitrogen and oxygen atoms in total. The highest BCUT2D eigenvalue weighted by Crippen LogP contribution is 2.25. The summed E-state index contributed by atoms with van der Waals surface area (Å²) in [4.78, 5) is 21.0. The second-order valence-electron chi connectivity index (χ2n) is 4.70. The number of aromatic nitrogens is 3. The third-order valence-electron chi connectivity index (χ3n) is 3.31. The van der Waals surface area contributed by atoms with Crippen LogP contribution in [0, 0.1) is 5.82 Å². The first-order valence-corrected chi connectivity index (χ1v) is 7.21. The van der Waals surface area contributed by atoms with Crippen molar-refractivity contribution in [3.8, 4) is 10.9 Å². The molecule has 0 bridgehead atoms. The van der Waals surface area contributed by atoms with Gasteiger partial charge in [-0.1, -0.05) is 17.4 Å². The predicted octanol–water partition coefficient (Wildman–Crippen LogP) is 2.84. The molecular weight excluding hydrogens is 305 g/mol. The van der Waals surface area contributed by atoms with Gasteiger partial charge >= 0.3 is 0 Å². The number of fused-ring (bicyclic) bond motifs is 2. The summed E-state index contributed by atoms with van der Waals surface area (Å²) in [5, 5.41) is 10.4. The van der Waals surface area contributed by atoms with Crippen molar-refractivity contribution in [2.45, 2.75) is 0 Å². The number of para-hydroxylation sites is 1. The van der Waals surface area contributed by atoms with Gasteiger partial charge in [-0.15, -0.1) is 0 Å². The predicted molar refractivity (Wildman–Crippen MR) is 82.1 cm³/mol. The number of hydrogen-bond donors (Lipinski definition) is 1. The largest absolute Gasteiger partial charge is 0.506 e. The van der Waals surface area contributed by atoms with Crippen LogP contribution in [0.5, 0.6) is 5.75 Å². The van der Waals surface area contributed by atoms with Crippen molar-refractivity contribution < 1.29 is 9.50 Å². The van der Waals surface area contributed by atoms with E-state index < -0.39 is 0 Å². The van der Waals surface area contributed by atoms with Crippen LogP contribution in [0.1, 0.15) is 0 Å². The summed E-state index contributed by atoms with van der Waals surface area (Å²) in [7, 11) is 0.